The molecule has 0 aliphatic heterocycles. The lowest BCUT2D eigenvalue weighted by Crippen LogP contribution is -2.11. The van der Waals surface area contributed by atoms with Gasteiger partial charge in [0, 0.05) is 5.56 Å². The highest BCUT2D eigenvalue weighted by Crippen LogP contribution is 2.30. The van der Waals surface area contributed by atoms with Gasteiger partial charge in [0.15, 0.2) is 5.82 Å². The predicted octanol–water partition coefficient (Wildman–Crippen LogP) is 2.06. The van der Waals surface area contributed by atoms with E-state index in [0.717, 1.165) is 13.0 Å². The van der Waals surface area contributed by atoms with Gasteiger partial charge in [-0.1, -0.05) is 0 Å². The van der Waals surface area contributed by atoms with Crippen molar-refractivity contribution in [3.8, 4) is 0 Å². The Morgan fingerprint density at radius 1 is 1.50 bits per heavy atom. The number of nitro groups is 1. The molecule has 1 unspecified atom stereocenters. The van der Waals surface area contributed by atoms with Gasteiger partial charge in [0.05, 0.1) is 10.8 Å². The standard InChI is InChI=1S/C9H7F2NO4/c1-4(9(13)14)5-2-3-6(10)7(11)8(5)12(15)16/h2-4H,1H3,(H,13,14). The van der Waals surface area contributed by atoms with Crippen molar-refractivity contribution in [1.82, 2.24) is 0 Å². The molecule has 1 N–H and O–H groups in total. The second kappa shape index (κ2) is 4.21. The molecular formula is C9H7F2NO4. The molecule has 0 radical (unpaired) electrons. The summed E-state index contributed by atoms with van der Waals surface area (Å²) in [5.41, 5.74) is -1.49. The Kier molecular flexibility index (Phi) is 3.17. The third kappa shape index (κ3) is 1.97. The lowest BCUT2D eigenvalue weighted by Gasteiger charge is -2.07. The van der Waals surface area contributed by atoms with Crippen LogP contribution in [0.3, 0.4) is 0 Å². The van der Waals surface area contributed by atoms with E-state index in [9.17, 15) is 23.7 Å². The predicted molar refractivity (Wildman–Crippen MR) is 49.1 cm³/mol. The van der Waals surface area contributed by atoms with Gasteiger partial charge in [0.1, 0.15) is 0 Å². The number of rotatable bonds is 3. The average Bonchev–Trinajstić information content (AvgIpc) is 2.20. The monoisotopic (exact) mass is 231 g/mol. The van der Waals surface area contributed by atoms with Crippen LogP contribution in [0.2, 0.25) is 0 Å². The summed E-state index contributed by atoms with van der Waals surface area (Å²) >= 11 is 0. The molecule has 7 heteroatoms. The molecule has 0 fully saturated rings. The maximum absolute atomic E-state index is 13.1. The van der Waals surface area contributed by atoms with Crippen LogP contribution in [-0.4, -0.2) is 16.0 Å². The van der Waals surface area contributed by atoms with E-state index in [0.29, 0.717) is 6.07 Å². The molecule has 1 atom stereocenters. The minimum atomic E-state index is -1.64. The van der Waals surface area contributed by atoms with Crippen LogP contribution in [-0.2, 0) is 4.79 Å². The van der Waals surface area contributed by atoms with E-state index in [2.05, 4.69) is 0 Å². The van der Waals surface area contributed by atoms with Crippen molar-refractivity contribution in [3.63, 3.8) is 0 Å². The van der Waals surface area contributed by atoms with Crippen LogP contribution < -0.4 is 0 Å². The Bertz CT molecular complexity index is 461. The quantitative estimate of drug-likeness (QED) is 0.637. The van der Waals surface area contributed by atoms with Gasteiger partial charge in [-0.15, -0.1) is 0 Å². The number of nitro benzene ring substituents is 1. The number of aliphatic carboxylic acids is 1. The molecule has 0 bridgehead atoms. The first kappa shape index (κ1) is 12.0. The Morgan fingerprint density at radius 3 is 2.50 bits per heavy atom. The summed E-state index contributed by atoms with van der Waals surface area (Å²) in [4.78, 5) is 20.0. The van der Waals surface area contributed by atoms with Gasteiger partial charge in [-0.25, -0.2) is 4.39 Å². The summed E-state index contributed by atoms with van der Waals surface area (Å²) in [6.45, 7) is 1.15. The molecule has 0 aromatic heterocycles. The van der Waals surface area contributed by atoms with Gasteiger partial charge < -0.3 is 5.11 Å². The van der Waals surface area contributed by atoms with Gasteiger partial charge >= 0.3 is 11.7 Å². The first-order chi connectivity index (χ1) is 7.36. The zero-order valence-corrected chi connectivity index (χ0v) is 8.11. The summed E-state index contributed by atoms with van der Waals surface area (Å²) in [6.07, 6.45) is 0. The Hall–Kier alpha value is -2.05. The zero-order valence-electron chi connectivity index (χ0n) is 8.11. The Balaban J connectivity index is 3.46. The number of carboxylic acid groups (broad SMARTS) is 1. The number of hydrogen-bond acceptors (Lipinski definition) is 3. The number of hydrogen-bond donors (Lipinski definition) is 1. The fourth-order valence-electron chi connectivity index (χ4n) is 1.22. The molecular weight excluding hydrogens is 224 g/mol. The van der Waals surface area contributed by atoms with Crippen LogP contribution in [0.15, 0.2) is 12.1 Å². The number of benzene rings is 1. The van der Waals surface area contributed by atoms with Gasteiger partial charge in [-0.2, -0.15) is 4.39 Å². The smallest absolute Gasteiger partial charge is 0.311 e. The van der Waals surface area contributed by atoms with Crippen molar-refractivity contribution in [3.05, 3.63) is 39.4 Å². The lowest BCUT2D eigenvalue weighted by molar-refractivity contribution is -0.388. The van der Waals surface area contributed by atoms with E-state index < -0.39 is 34.1 Å². The molecule has 0 spiro atoms. The van der Waals surface area contributed by atoms with Crippen molar-refractivity contribution in [2.24, 2.45) is 0 Å². The van der Waals surface area contributed by atoms with Gasteiger partial charge in [-0.3, -0.25) is 14.9 Å². The highest BCUT2D eigenvalue weighted by molar-refractivity contribution is 5.77. The highest BCUT2D eigenvalue weighted by atomic mass is 19.2. The summed E-state index contributed by atoms with van der Waals surface area (Å²) in [7, 11) is 0. The molecule has 0 saturated carbocycles. The number of carboxylic acids is 1. The van der Waals surface area contributed by atoms with Crippen molar-refractivity contribution in [2.45, 2.75) is 12.8 Å². The summed E-state index contributed by atoms with van der Waals surface area (Å²) < 4.78 is 25.9. The van der Waals surface area contributed by atoms with Crippen LogP contribution >= 0.6 is 0 Å². The Morgan fingerprint density at radius 2 is 2.06 bits per heavy atom. The molecule has 1 aromatic rings. The summed E-state index contributed by atoms with van der Waals surface area (Å²) in [6, 6.07) is 1.56. The summed E-state index contributed by atoms with van der Waals surface area (Å²) in [5, 5.41) is 19.2. The largest absolute Gasteiger partial charge is 0.481 e. The van der Waals surface area contributed by atoms with Crippen LogP contribution in [0.1, 0.15) is 18.4 Å². The minimum absolute atomic E-state index is 0.364. The third-order valence-electron chi connectivity index (χ3n) is 2.12. The van der Waals surface area contributed by atoms with E-state index in [1.807, 2.05) is 0 Å². The van der Waals surface area contributed by atoms with E-state index in [1.165, 1.54) is 0 Å². The molecule has 0 heterocycles. The third-order valence-corrected chi connectivity index (χ3v) is 2.12. The first-order valence-corrected chi connectivity index (χ1v) is 4.21. The van der Waals surface area contributed by atoms with Crippen LogP contribution in [0.25, 0.3) is 0 Å². The van der Waals surface area contributed by atoms with E-state index in [1.54, 1.807) is 0 Å². The fraction of sp³-hybridized carbons (Fsp3) is 0.222. The topological polar surface area (TPSA) is 80.4 Å². The molecule has 0 amide bonds. The molecule has 86 valence electrons. The molecule has 5 nitrogen and oxygen atoms in total. The van der Waals surface area contributed by atoms with Crippen molar-refractivity contribution < 1.29 is 23.6 Å². The molecule has 0 saturated heterocycles. The van der Waals surface area contributed by atoms with Gasteiger partial charge in [-0.05, 0) is 19.1 Å². The first-order valence-electron chi connectivity index (χ1n) is 4.21. The zero-order chi connectivity index (χ0) is 12.5. The second-order valence-corrected chi connectivity index (χ2v) is 3.12. The molecule has 0 aliphatic rings. The molecule has 16 heavy (non-hydrogen) atoms. The summed E-state index contributed by atoms with van der Waals surface area (Å²) in [5.74, 6) is -5.66. The SMILES string of the molecule is CC(C(=O)O)c1ccc(F)c(F)c1[N+](=O)[O-]. The van der Waals surface area contributed by atoms with Crippen LogP contribution in [0.4, 0.5) is 14.5 Å². The van der Waals surface area contributed by atoms with E-state index in [4.69, 9.17) is 5.11 Å². The highest BCUT2D eigenvalue weighted by Gasteiger charge is 2.29. The molecule has 0 aliphatic carbocycles. The molecule has 1 aromatic carbocycles. The fourth-order valence-corrected chi connectivity index (χ4v) is 1.22. The normalized spacial score (nSPS) is 12.2. The number of nitrogens with zero attached hydrogens (tertiary/aromatic N) is 1. The van der Waals surface area contributed by atoms with Crippen molar-refractivity contribution in [2.75, 3.05) is 0 Å². The van der Waals surface area contributed by atoms with E-state index in [-0.39, 0.29) is 5.56 Å². The van der Waals surface area contributed by atoms with Crippen LogP contribution in [0, 0.1) is 21.7 Å². The maximum Gasteiger partial charge on any atom is 0.311 e. The van der Waals surface area contributed by atoms with Crippen molar-refractivity contribution >= 4 is 11.7 Å². The lowest BCUT2D eigenvalue weighted by atomic mass is 9.99. The average molecular weight is 231 g/mol. The van der Waals surface area contributed by atoms with Gasteiger partial charge in [0.2, 0.25) is 5.82 Å². The Labute approximate surface area is 88.5 Å². The van der Waals surface area contributed by atoms with Gasteiger partial charge in [0.25, 0.3) is 0 Å². The minimum Gasteiger partial charge on any atom is -0.481 e. The number of halogens is 2. The number of carbonyl (C=O) groups is 1. The second-order valence-electron chi connectivity index (χ2n) is 3.12. The molecule has 1 rings (SSSR count). The van der Waals surface area contributed by atoms with Crippen molar-refractivity contribution in [1.29, 1.82) is 0 Å². The van der Waals surface area contributed by atoms with Crippen LogP contribution in [0.5, 0.6) is 0 Å². The maximum atomic E-state index is 13.1. The van der Waals surface area contributed by atoms with E-state index >= 15 is 0 Å².